The van der Waals surface area contributed by atoms with Crippen LogP contribution in [0.3, 0.4) is 0 Å². The van der Waals surface area contributed by atoms with Gasteiger partial charge in [-0.3, -0.25) is 4.79 Å². The summed E-state index contributed by atoms with van der Waals surface area (Å²) in [6.07, 6.45) is -5.21. The molecule has 0 radical (unpaired) electrons. The summed E-state index contributed by atoms with van der Waals surface area (Å²) in [6.45, 7) is 1.25. The fourth-order valence-corrected chi connectivity index (χ4v) is 2.77. The number of benzene rings is 1. The number of carbonyl (C=O) groups is 1. The predicted molar refractivity (Wildman–Crippen MR) is 79.1 cm³/mol. The monoisotopic (exact) mass is 366 g/mol. The highest BCUT2D eigenvalue weighted by Gasteiger charge is 2.66. The van der Waals surface area contributed by atoms with E-state index in [0.29, 0.717) is 0 Å². The third kappa shape index (κ3) is 3.29. The fourth-order valence-electron chi connectivity index (χ4n) is 2.48. The SMILES string of the molecule is CCOC(=O)[C@H]1[C@@H](c2ccc(F)cc2)NC(=S)N[C@]1(O)C(F)(F)F. The largest absolute Gasteiger partial charge is 0.466 e. The Balaban J connectivity index is 2.55. The van der Waals surface area contributed by atoms with E-state index in [9.17, 15) is 27.5 Å². The summed E-state index contributed by atoms with van der Waals surface area (Å²) >= 11 is 4.72. The Labute approximate surface area is 140 Å². The molecule has 0 spiro atoms. The van der Waals surface area contributed by atoms with Gasteiger partial charge in [-0.1, -0.05) is 12.1 Å². The summed E-state index contributed by atoms with van der Waals surface area (Å²) in [4.78, 5) is 12.1. The number of esters is 1. The van der Waals surface area contributed by atoms with E-state index >= 15 is 0 Å². The van der Waals surface area contributed by atoms with E-state index in [2.05, 4.69) is 10.1 Å². The first-order chi connectivity index (χ1) is 11.1. The van der Waals surface area contributed by atoms with Crippen LogP contribution >= 0.6 is 12.2 Å². The normalized spacial score (nSPS) is 27.2. The van der Waals surface area contributed by atoms with Crippen molar-refractivity contribution in [3.8, 4) is 0 Å². The molecule has 3 N–H and O–H groups in total. The van der Waals surface area contributed by atoms with Gasteiger partial charge in [-0.25, -0.2) is 4.39 Å². The highest BCUT2D eigenvalue weighted by Crippen LogP contribution is 2.43. The minimum absolute atomic E-state index is 0.140. The Bertz CT molecular complexity index is 638. The van der Waals surface area contributed by atoms with Crippen molar-refractivity contribution in [2.24, 2.45) is 5.92 Å². The van der Waals surface area contributed by atoms with Gasteiger partial charge in [-0.2, -0.15) is 13.2 Å². The number of alkyl halides is 3. The zero-order valence-corrected chi connectivity index (χ0v) is 13.2. The lowest BCUT2D eigenvalue weighted by molar-refractivity contribution is -0.292. The fraction of sp³-hybridized carbons (Fsp3) is 0.429. The van der Waals surface area contributed by atoms with Crippen molar-refractivity contribution in [3.05, 3.63) is 35.6 Å². The Morgan fingerprint density at radius 2 is 1.96 bits per heavy atom. The van der Waals surface area contributed by atoms with Crippen molar-refractivity contribution < 1.29 is 32.2 Å². The van der Waals surface area contributed by atoms with Crippen molar-refractivity contribution in [2.75, 3.05) is 6.61 Å². The van der Waals surface area contributed by atoms with E-state index in [1.807, 2.05) is 0 Å². The Morgan fingerprint density at radius 3 is 2.46 bits per heavy atom. The molecule has 5 nitrogen and oxygen atoms in total. The van der Waals surface area contributed by atoms with Crippen LogP contribution in [0.15, 0.2) is 24.3 Å². The van der Waals surface area contributed by atoms with Crippen molar-refractivity contribution in [2.45, 2.75) is 24.9 Å². The molecule has 1 saturated heterocycles. The Morgan fingerprint density at radius 1 is 1.38 bits per heavy atom. The van der Waals surface area contributed by atoms with Gasteiger partial charge in [0, 0.05) is 0 Å². The van der Waals surface area contributed by atoms with E-state index in [1.165, 1.54) is 19.1 Å². The molecule has 1 heterocycles. The lowest BCUT2D eigenvalue weighted by atomic mass is 9.82. The maximum atomic E-state index is 13.4. The minimum atomic E-state index is -5.21. The number of rotatable bonds is 3. The molecule has 132 valence electrons. The van der Waals surface area contributed by atoms with E-state index in [1.54, 1.807) is 5.32 Å². The van der Waals surface area contributed by atoms with Crippen LogP contribution in [0.2, 0.25) is 0 Å². The first-order valence-electron chi connectivity index (χ1n) is 6.90. The van der Waals surface area contributed by atoms with E-state index < -0.39 is 40.8 Å². The summed E-state index contributed by atoms with van der Waals surface area (Å²) < 4.78 is 58.1. The van der Waals surface area contributed by atoms with Gasteiger partial charge in [-0.15, -0.1) is 0 Å². The van der Waals surface area contributed by atoms with Crippen LogP contribution < -0.4 is 10.6 Å². The number of aliphatic hydroxyl groups is 1. The molecule has 1 aromatic carbocycles. The number of nitrogens with one attached hydrogen (secondary N) is 2. The number of thiocarbonyl (C=S) groups is 1. The topological polar surface area (TPSA) is 70.6 Å². The van der Waals surface area contributed by atoms with Crippen molar-refractivity contribution in [3.63, 3.8) is 0 Å². The van der Waals surface area contributed by atoms with Crippen LogP contribution in [0.5, 0.6) is 0 Å². The smallest absolute Gasteiger partial charge is 0.437 e. The highest BCUT2D eigenvalue weighted by atomic mass is 32.1. The second-order valence-corrected chi connectivity index (χ2v) is 5.53. The van der Waals surface area contributed by atoms with Crippen LogP contribution in [0.25, 0.3) is 0 Å². The number of hydrogen-bond donors (Lipinski definition) is 3. The van der Waals surface area contributed by atoms with Gasteiger partial charge in [0.1, 0.15) is 11.7 Å². The molecule has 1 aromatic rings. The molecule has 1 aliphatic heterocycles. The molecule has 1 aliphatic rings. The standard InChI is InChI=1S/C14H14F4N2O3S/c1-2-23-11(21)9-10(7-3-5-8(15)6-4-7)19-12(24)20-13(9,22)14(16,17)18/h3-6,9-10,22H,2H2,1H3,(H2,19,20,24)/t9-,10-,13-/m1/s1. The first kappa shape index (κ1) is 18.4. The molecule has 10 heteroatoms. The molecule has 1 fully saturated rings. The average Bonchev–Trinajstić information content (AvgIpc) is 2.46. The summed E-state index contributed by atoms with van der Waals surface area (Å²) in [5.41, 5.74) is -3.48. The quantitative estimate of drug-likeness (QED) is 0.430. The zero-order chi connectivity index (χ0) is 18.1. The maximum Gasteiger partial charge on any atom is 0.437 e. The lowest BCUT2D eigenvalue weighted by Gasteiger charge is -2.45. The van der Waals surface area contributed by atoms with Gasteiger partial charge in [0.2, 0.25) is 0 Å². The molecule has 0 bridgehead atoms. The van der Waals surface area contributed by atoms with Gasteiger partial charge < -0.3 is 20.5 Å². The summed E-state index contributed by atoms with van der Waals surface area (Å²) in [5, 5.41) is 13.9. The Hall–Kier alpha value is -1.94. The van der Waals surface area contributed by atoms with Crippen molar-refractivity contribution in [1.82, 2.24) is 10.6 Å². The van der Waals surface area contributed by atoms with Crippen LogP contribution in [0.1, 0.15) is 18.5 Å². The molecular formula is C14H14F4N2O3S. The third-order valence-electron chi connectivity index (χ3n) is 3.58. The number of ether oxygens (including phenoxy) is 1. The number of hydrogen-bond acceptors (Lipinski definition) is 4. The molecule has 0 saturated carbocycles. The predicted octanol–water partition coefficient (Wildman–Crippen LogP) is 1.77. The number of carbonyl (C=O) groups excluding carboxylic acids is 1. The highest BCUT2D eigenvalue weighted by molar-refractivity contribution is 7.80. The summed E-state index contributed by atoms with van der Waals surface area (Å²) in [6, 6.07) is 3.09. The summed E-state index contributed by atoms with van der Waals surface area (Å²) in [5.74, 6) is -3.96. The minimum Gasteiger partial charge on any atom is -0.466 e. The Kier molecular flexibility index (Phi) is 5.00. The van der Waals surface area contributed by atoms with E-state index in [-0.39, 0.29) is 12.2 Å². The van der Waals surface area contributed by atoms with Crippen LogP contribution in [-0.4, -0.2) is 34.7 Å². The van der Waals surface area contributed by atoms with Gasteiger partial charge in [0.25, 0.3) is 5.72 Å². The van der Waals surface area contributed by atoms with E-state index in [0.717, 1.165) is 12.1 Å². The van der Waals surface area contributed by atoms with Crippen molar-refractivity contribution in [1.29, 1.82) is 0 Å². The molecular weight excluding hydrogens is 352 g/mol. The van der Waals surface area contributed by atoms with Gasteiger partial charge in [0.15, 0.2) is 5.11 Å². The zero-order valence-electron chi connectivity index (χ0n) is 12.4. The second kappa shape index (κ2) is 6.52. The van der Waals surface area contributed by atoms with Crippen LogP contribution in [-0.2, 0) is 9.53 Å². The second-order valence-electron chi connectivity index (χ2n) is 5.12. The summed E-state index contributed by atoms with van der Waals surface area (Å²) in [7, 11) is 0. The van der Waals surface area contributed by atoms with E-state index in [4.69, 9.17) is 12.2 Å². The van der Waals surface area contributed by atoms with Crippen LogP contribution in [0, 0.1) is 11.7 Å². The first-order valence-corrected chi connectivity index (χ1v) is 7.31. The molecule has 0 unspecified atom stereocenters. The maximum absolute atomic E-state index is 13.4. The molecule has 3 atom stereocenters. The molecule has 0 aliphatic carbocycles. The lowest BCUT2D eigenvalue weighted by Crippen LogP contribution is -2.73. The molecule has 0 amide bonds. The van der Waals surface area contributed by atoms with Gasteiger partial charge >= 0.3 is 12.1 Å². The van der Waals surface area contributed by atoms with Crippen LogP contribution in [0.4, 0.5) is 17.6 Å². The third-order valence-corrected chi connectivity index (χ3v) is 3.80. The van der Waals surface area contributed by atoms with Gasteiger partial charge in [0.05, 0.1) is 12.6 Å². The van der Waals surface area contributed by atoms with Crippen molar-refractivity contribution >= 4 is 23.3 Å². The molecule has 2 rings (SSSR count). The number of halogens is 4. The average molecular weight is 366 g/mol. The molecule has 0 aromatic heterocycles. The molecule has 24 heavy (non-hydrogen) atoms. The van der Waals surface area contributed by atoms with Gasteiger partial charge in [-0.05, 0) is 36.8 Å².